The van der Waals surface area contributed by atoms with Gasteiger partial charge in [-0.15, -0.1) is 5.73 Å². The van der Waals surface area contributed by atoms with E-state index in [1.165, 1.54) is 154 Å². The number of rotatable bonds is 9. The molecule has 18 rings (SSSR count). The summed E-state index contributed by atoms with van der Waals surface area (Å²) >= 11 is 0. The van der Waals surface area contributed by atoms with Crippen LogP contribution < -0.4 is 36.6 Å². The maximum Gasteiger partial charge on any atom is 0.252 e. The zero-order valence-electron chi connectivity index (χ0n) is 56.8. The van der Waals surface area contributed by atoms with E-state index in [1.807, 2.05) is 0 Å². The number of nitrogens with zero attached hydrogens (tertiary/aromatic N) is 4. The monoisotopic (exact) mass is 1250 g/mol. The molecule has 0 saturated heterocycles. The third-order valence-electron chi connectivity index (χ3n) is 21.1. The van der Waals surface area contributed by atoms with Crippen molar-refractivity contribution in [1.29, 1.82) is 0 Å². The summed E-state index contributed by atoms with van der Waals surface area (Å²) < 4.78 is 5.04. The van der Waals surface area contributed by atoms with Crippen molar-refractivity contribution >= 4 is 107 Å². The molecule has 1 aliphatic carbocycles. The summed E-state index contributed by atoms with van der Waals surface area (Å²) in [4.78, 5) is 5.46. The average molecular weight is 1250 g/mol. The lowest BCUT2D eigenvalue weighted by molar-refractivity contribution is 0.590. The lowest BCUT2D eigenvalue weighted by Crippen LogP contribution is -2.61. The van der Waals surface area contributed by atoms with E-state index in [1.54, 1.807) is 0 Å². The minimum Gasteiger partial charge on any atom is -0.310 e. The first kappa shape index (κ1) is 58.5. The number of hydrogen-bond donors (Lipinski definition) is 0. The van der Waals surface area contributed by atoms with Gasteiger partial charge >= 0.3 is 0 Å². The molecule has 0 radical (unpaired) electrons. The van der Waals surface area contributed by atoms with Crippen LogP contribution in [0.5, 0.6) is 0 Å². The Morgan fingerprint density at radius 1 is 0.361 bits per heavy atom. The standard InChI is InChI=1S/C92H75BN4/c1-56(2)64-48-85-88-86(49-64)97(90-73(61-29-19-13-20-30-61)52-66(92(8,9)10)53-74(90)62-31-21-14-22-32-62)84-55-68(95-79-34-24-23-33-69(79)87-70-47-63(70)37-44-82(87)95)39-41-78(84)93(88)77-40-38-67(94-80-42-35-57(3)45-75(80)76-46-58(4)36-43-81(76)94)54-83(77)96(85)89-71(59-25-15-11-16-26-59)50-65(91(5,6)7)51-72(89)60-27-17-12-18-28-60/h11-46,48-56H,1-10H3. The maximum atomic E-state index is 3.64. The molecule has 0 atom stereocenters. The maximum absolute atomic E-state index is 3.64. The predicted molar refractivity (Wildman–Crippen MR) is 414 cm³/mol. The Morgan fingerprint density at radius 2 is 0.753 bits per heavy atom. The van der Waals surface area contributed by atoms with E-state index in [0.717, 1.165) is 34.1 Å². The molecule has 466 valence electrons. The van der Waals surface area contributed by atoms with Crippen molar-refractivity contribution in [2.45, 2.75) is 86.0 Å². The molecule has 0 fully saturated rings. The number of fused-ring (bicyclic) bond motifs is 12. The van der Waals surface area contributed by atoms with Gasteiger partial charge in [-0.05, 0) is 189 Å². The van der Waals surface area contributed by atoms with Crippen molar-refractivity contribution in [2.24, 2.45) is 0 Å². The van der Waals surface area contributed by atoms with Gasteiger partial charge < -0.3 is 18.9 Å². The molecule has 0 amide bonds. The Labute approximate surface area is 569 Å². The van der Waals surface area contributed by atoms with Crippen molar-refractivity contribution < 1.29 is 0 Å². The fourth-order valence-corrected chi connectivity index (χ4v) is 16.1. The van der Waals surface area contributed by atoms with Crippen molar-refractivity contribution in [3.05, 3.63) is 305 Å². The van der Waals surface area contributed by atoms with Gasteiger partial charge in [0.2, 0.25) is 0 Å². The second-order valence-electron chi connectivity index (χ2n) is 29.8. The molecule has 0 bridgehead atoms. The summed E-state index contributed by atoms with van der Waals surface area (Å²) in [5, 5.41) is 7.45. The zero-order valence-corrected chi connectivity index (χ0v) is 56.8. The van der Waals surface area contributed by atoms with E-state index in [-0.39, 0.29) is 23.5 Å². The highest BCUT2D eigenvalue weighted by Crippen LogP contribution is 2.55. The quantitative estimate of drug-likeness (QED) is 0.134. The Hall–Kier alpha value is -11.1. The summed E-state index contributed by atoms with van der Waals surface area (Å²) in [6.45, 7) is 23.1. The Kier molecular flexibility index (Phi) is 13.1. The summed E-state index contributed by atoms with van der Waals surface area (Å²) in [5.41, 5.74) is 36.7. The molecule has 97 heavy (non-hydrogen) atoms. The Bertz CT molecular complexity index is 5760. The average Bonchev–Trinajstić information content (AvgIpc) is 1.11. The number of aromatic nitrogens is 2. The minimum absolute atomic E-state index is 0.143. The summed E-state index contributed by atoms with van der Waals surface area (Å²) in [6, 6.07) is 102. The van der Waals surface area contributed by atoms with Crippen LogP contribution in [0.3, 0.4) is 0 Å². The molecule has 4 heterocycles. The van der Waals surface area contributed by atoms with Gasteiger partial charge in [-0.2, -0.15) is 0 Å². The van der Waals surface area contributed by atoms with E-state index in [0.29, 0.717) is 0 Å². The fraction of sp³-hybridized carbons (Fsp3) is 0.141. The highest BCUT2D eigenvalue weighted by molar-refractivity contribution is 7.00. The van der Waals surface area contributed by atoms with Gasteiger partial charge in [0.1, 0.15) is 0 Å². The first-order valence-electron chi connectivity index (χ1n) is 34.5. The summed E-state index contributed by atoms with van der Waals surface area (Å²) in [7, 11) is 0. The predicted octanol–water partition coefficient (Wildman–Crippen LogP) is 21.0. The molecule has 0 N–H and O–H groups in total. The second kappa shape index (κ2) is 21.7. The molecular formula is C92H75BN4. The van der Waals surface area contributed by atoms with E-state index in [4.69, 9.17) is 0 Å². The van der Waals surface area contributed by atoms with Crippen molar-refractivity contribution in [3.63, 3.8) is 0 Å². The van der Waals surface area contributed by atoms with Crippen molar-refractivity contribution in [1.82, 2.24) is 9.13 Å². The number of benzene rings is 13. The topological polar surface area (TPSA) is 16.3 Å². The van der Waals surface area contributed by atoms with Crippen molar-refractivity contribution in [2.75, 3.05) is 9.80 Å². The van der Waals surface area contributed by atoms with Crippen LogP contribution >= 0.6 is 0 Å². The smallest absolute Gasteiger partial charge is 0.252 e. The van der Waals surface area contributed by atoms with E-state index in [2.05, 4.69) is 361 Å². The number of aryl methyl sites for hydroxylation is 2. The van der Waals surface area contributed by atoms with Crippen LogP contribution in [-0.2, 0) is 10.8 Å². The van der Waals surface area contributed by atoms with Gasteiger partial charge in [0, 0.05) is 88.4 Å². The molecule has 0 spiro atoms. The molecule has 2 aromatic heterocycles. The van der Waals surface area contributed by atoms with Crippen LogP contribution in [0.15, 0.2) is 267 Å². The third kappa shape index (κ3) is 9.27. The van der Waals surface area contributed by atoms with Gasteiger partial charge in [-0.25, -0.2) is 0 Å². The molecule has 0 unspecified atom stereocenters. The normalized spacial score (nSPS) is 13.1. The van der Waals surface area contributed by atoms with E-state index in [9.17, 15) is 0 Å². The van der Waals surface area contributed by atoms with Gasteiger partial charge in [0.05, 0.1) is 33.4 Å². The van der Waals surface area contributed by atoms with Crippen LogP contribution in [0.2, 0.25) is 0 Å². The number of para-hydroxylation sites is 1. The summed E-state index contributed by atoms with van der Waals surface area (Å²) in [6.07, 6.45) is 0. The largest absolute Gasteiger partial charge is 0.310 e. The highest BCUT2D eigenvalue weighted by Gasteiger charge is 2.46. The SMILES string of the molecule is Cc1ccc2c(c1)c1cc(C)ccc1n2-c1ccc2c(c1)N(c1c(-c3ccccc3)cc(C(C)(C)C)cc1-c1ccccc1)c1cc(C(C)C)cc3c1B2c1ccc(-n2c4ccccc4c4c5c(ccc42)=C=5)cc1N3c1c(-c2ccccc2)cc(C(C)(C)C)cc1-c1ccccc1. The first-order valence-corrected chi connectivity index (χ1v) is 34.5. The van der Waals surface area contributed by atoms with Crippen LogP contribution in [0.25, 0.3) is 105 Å². The van der Waals surface area contributed by atoms with Gasteiger partial charge in [0.25, 0.3) is 6.71 Å². The van der Waals surface area contributed by atoms with Crippen LogP contribution in [0.1, 0.15) is 89.1 Å². The van der Waals surface area contributed by atoms with Crippen LogP contribution in [0, 0.1) is 13.8 Å². The molecule has 0 saturated carbocycles. The highest BCUT2D eigenvalue weighted by atomic mass is 15.2. The molecule has 2 aliphatic heterocycles. The lowest BCUT2D eigenvalue weighted by Gasteiger charge is -2.46. The number of anilines is 6. The molecule has 5 heteroatoms. The summed E-state index contributed by atoms with van der Waals surface area (Å²) in [5.74, 6) is 0.143. The third-order valence-corrected chi connectivity index (χ3v) is 21.1. The molecule has 13 aromatic carbocycles. The molecular weight excluding hydrogens is 1170 g/mol. The van der Waals surface area contributed by atoms with Gasteiger partial charge in [0.15, 0.2) is 0 Å². The lowest BCUT2D eigenvalue weighted by atomic mass is 9.33. The zero-order chi connectivity index (χ0) is 65.9. The Balaban J connectivity index is 1.03. The molecule has 4 nitrogen and oxygen atoms in total. The van der Waals surface area contributed by atoms with Crippen LogP contribution in [-0.4, -0.2) is 15.8 Å². The van der Waals surface area contributed by atoms with Gasteiger partial charge in [-0.3, -0.25) is 0 Å². The first-order chi connectivity index (χ1) is 47.0. The minimum atomic E-state index is -0.211. The Morgan fingerprint density at radius 3 is 1.18 bits per heavy atom. The number of hydrogen-bond acceptors (Lipinski definition) is 2. The molecule has 15 aromatic rings. The fourth-order valence-electron chi connectivity index (χ4n) is 16.1. The van der Waals surface area contributed by atoms with Crippen LogP contribution in [0.4, 0.5) is 34.1 Å². The molecule has 3 aliphatic rings. The van der Waals surface area contributed by atoms with Crippen molar-refractivity contribution in [3.8, 4) is 55.9 Å². The van der Waals surface area contributed by atoms with E-state index < -0.39 is 0 Å². The second-order valence-corrected chi connectivity index (χ2v) is 29.8. The van der Waals surface area contributed by atoms with Gasteiger partial charge in [-0.1, -0.05) is 230 Å². The van der Waals surface area contributed by atoms with E-state index >= 15 is 0 Å².